The Labute approximate surface area is 98.2 Å². The van der Waals surface area contributed by atoms with E-state index in [0.717, 1.165) is 0 Å². The van der Waals surface area contributed by atoms with Crippen LogP contribution < -0.4 is 4.74 Å². The predicted octanol–water partition coefficient (Wildman–Crippen LogP) is 3.44. The molecule has 0 aliphatic heterocycles. The molecular formula is C9H7FINOS. The molecule has 0 aliphatic carbocycles. The van der Waals surface area contributed by atoms with Gasteiger partial charge in [0.05, 0.1) is 25.9 Å². The van der Waals surface area contributed by atoms with Crippen molar-refractivity contribution in [2.45, 2.75) is 6.92 Å². The van der Waals surface area contributed by atoms with Gasteiger partial charge in [-0.05, 0) is 29.5 Å². The van der Waals surface area contributed by atoms with Crippen LogP contribution >= 0.6 is 33.9 Å². The van der Waals surface area contributed by atoms with E-state index >= 15 is 0 Å². The monoisotopic (exact) mass is 323 g/mol. The molecule has 0 amide bonds. The molecule has 1 aromatic heterocycles. The molecule has 74 valence electrons. The third-order valence-electron chi connectivity index (χ3n) is 1.77. The molecule has 2 nitrogen and oxygen atoms in total. The molecule has 0 aliphatic rings. The van der Waals surface area contributed by atoms with E-state index in [-0.39, 0.29) is 5.82 Å². The van der Waals surface area contributed by atoms with Crippen molar-refractivity contribution in [3.8, 4) is 5.75 Å². The molecule has 14 heavy (non-hydrogen) atoms. The van der Waals surface area contributed by atoms with Gasteiger partial charge >= 0.3 is 0 Å². The number of rotatable bonds is 2. The van der Waals surface area contributed by atoms with Gasteiger partial charge in [0.2, 0.25) is 0 Å². The first kappa shape index (κ1) is 10.1. The molecule has 1 aromatic carbocycles. The molecular weight excluding hydrogens is 316 g/mol. The maximum absolute atomic E-state index is 13.7. The quantitative estimate of drug-likeness (QED) is 0.790. The highest BCUT2D eigenvalue weighted by atomic mass is 127. The van der Waals surface area contributed by atoms with E-state index in [2.05, 4.69) is 4.98 Å². The van der Waals surface area contributed by atoms with Gasteiger partial charge in [0.1, 0.15) is 5.75 Å². The van der Waals surface area contributed by atoms with Crippen LogP contribution in [-0.2, 0) is 0 Å². The lowest BCUT2D eigenvalue weighted by Gasteiger charge is -2.06. The molecule has 5 heteroatoms. The second-order valence-corrected chi connectivity index (χ2v) is 4.57. The Morgan fingerprint density at radius 2 is 2.43 bits per heavy atom. The van der Waals surface area contributed by atoms with Crippen molar-refractivity contribution in [2.24, 2.45) is 0 Å². The van der Waals surface area contributed by atoms with Crippen molar-refractivity contribution in [1.29, 1.82) is 0 Å². The van der Waals surface area contributed by atoms with Crippen LogP contribution in [0.4, 0.5) is 4.39 Å². The maximum atomic E-state index is 13.7. The smallest absolute Gasteiger partial charge is 0.159 e. The summed E-state index contributed by atoms with van der Waals surface area (Å²) in [6.07, 6.45) is 0. The minimum atomic E-state index is -0.228. The van der Waals surface area contributed by atoms with E-state index in [1.54, 1.807) is 11.6 Å². The Morgan fingerprint density at radius 1 is 1.64 bits per heavy atom. The summed E-state index contributed by atoms with van der Waals surface area (Å²) < 4.78 is 20.1. The van der Waals surface area contributed by atoms with Gasteiger partial charge in [0.15, 0.2) is 5.82 Å². The summed E-state index contributed by atoms with van der Waals surface area (Å²) in [6.45, 7) is 2.41. The average Bonchev–Trinajstić information content (AvgIpc) is 2.62. The molecule has 2 rings (SSSR count). The molecule has 0 saturated carbocycles. The summed E-state index contributed by atoms with van der Waals surface area (Å²) in [5, 5.41) is 0. The lowest BCUT2D eigenvalue weighted by atomic mass is 10.3. The van der Waals surface area contributed by atoms with Crippen LogP contribution in [0.1, 0.15) is 6.92 Å². The van der Waals surface area contributed by atoms with E-state index in [1.165, 1.54) is 11.3 Å². The van der Waals surface area contributed by atoms with E-state index < -0.39 is 0 Å². The molecule has 0 fully saturated rings. The lowest BCUT2D eigenvalue weighted by molar-refractivity contribution is 0.336. The number of fused-ring (bicyclic) bond motifs is 1. The minimum absolute atomic E-state index is 0.228. The van der Waals surface area contributed by atoms with Crippen molar-refractivity contribution in [3.05, 3.63) is 21.0 Å². The summed E-state index contributed by atoms with van der Waals surface area (Å²) in [5.41, 5.74) is 2.30. The SMILES string of the molecule is CCOc1cc2ncsc2c(F)c1I. The Bertz CT molecular complexity index is 471. The summed E-state index contributed by atoms with van der Waals surface area (Å²) >= 11 is 3.26. The average molecular weight is 323 g/mol. The summed E-state index contributed by atoms with van der Waals surface area (Å²) in [7, 11) is 0. The number of halogens is 2. The van der Waals surface area contributed by atoms with Gasteiger partial charge in [-0.3, -0.25) is 0 Å². The number of benzene rings is 1. The van der Waals surface area contributed by atoms with Gasteiger partial charge in [-0.25, -0.2) is 9.37 Å². The molecule has 2 aromatic rings. The van der Waals surface area contributed by atoms with E-state index in [1.807, 2.05) is 29.5 Å². The Kier molecular flexibility index (Phi) is 2.87. The summed E-state index contributed by atoms with van der Waals surface area (Å²) in [5.74, 6) is 0.345. The number of nitrogens with zero attached hydrogens (tertiary/aromatic N) is 1. The number of thiazole rings is 1. The van der Waals surface area contributed by atoms with Crippen LogP contribution in [0.15, 0.2) is 11.6 Å². The molecule has 0 atom stereocenters. The Balaban J connectivity index is 2.67. The maximum Gasteiger partial charge on any atom is 0.159 e. The normalized spacial score (nSPS) is 10.8. The number of aromatic nitrogens is 1. The van der Waals surface area contributed by atoms with Crippen LogP contribution in [-0.4, -0.2) is 11.6 Å². The second-order valence-electron chi connectivity index (χ2n) is 2.64. The van der Waals surface area contributed by atoms with Crippen LogP contribution in [0.25, 0.3) is 10.2 Å². The predicted molar refractivity (Wildman–Crippen MR) is 63.5 cm³/mol. The highest BCUT2D eigenvalue weighted by Crippen LogP contribution is 2.32. The van der Waals surface area contributed by atoms with Gasteiger partial charge < -0.3 is 4.74 Å². The molecule has 0 radical (unpaired) electrons. The van der Waals surface area contributed by atoms with Crippen molar-refractivity contribution < 1.29 is 9.13 Å². The molecule has 0 N–H and O–H groups in total. The van der Waals surface area contributed by atoms with Crippen molar-refractivity contribution >= 4 is 44.1 Å². The Morgan fingerprint density at radius 3 is 3.14 bits per heavy atom. The number of ether oxygens (including phenoxy) is 1. The van der Waals surface area contributed by atoms with Crippen molar-refractivity contribution in [2.75, 3.05) is 6.61 Å². The molecule has 1 heterocycles. The van der Waals surface area contributed by atoms with Gasteiger partial charge in [0, 0.05) is 6.07 Å². The van der Waals surface area contributed by atoms with Crippen LogP contribution in [0.2, 0.25) is 0 Å². The van der Waals surface area contributed by atoms with E-state index in [4.69, 9.17) is 4.74 Å². The van der Waals surface area contributed by atoms with Gasteiger partial charge in [-0.2, -0.15) is 0 Å². The summed E-state index contributed by atoms with van der Waals surface area (Å²) in [6, 6.07) is 1.78. The second kappa shape index (κ2) is 3.98. The highest BCUT2D eigenvalue weighted by molar-refractivity contribution is 14.1. The Hall–Kier alpha value is -0.430. The molecule has 0 bridgehead atoms. The fraction of sp³-hybridized carbons (Fsp3) is 0.222. The summed E-state index contributed by atoms with van der Waals surface area (Å²) in [4.78, 5) is 4.06. The van der Waals surface area contributed by atoms with Gasteiger partial charge in [-0.1, -0.05) is 0 Å². The zero-order valence-electron chi connectivity index (χ0n) is 7.38. The lowest BCUT2D eigenvalue weighted by Crippen LogP contribution is -1.96. The highest BCUT2D eigenvalue weighted by Gasteiger charge is 2.13. The standard InChI is InChI=1S/C9H7FINOS/c1-2-13-6-3-5-9(14-4-12-5)7(10)8(6)11/h3-4H,2H2,1H3. The van der Waals surface area contributed by atoms with Crippen LogP contribution in [0.3, 0.4) is 0 Å². The van der Waals surface area contributed by atoms with Crippen LogP contribution in [0, 0.1) is 9.39 Å². The minimum Gasteiger partial charge on any atom is -0.493 e. The third-order valence-corrected chi connectivity index (χ3v) is 3.61. The zero-order valence-corrected chi connectivity index (χ0v) is 10.4. The van der Waals surface area contributed by atoms with Crippen molar-refractivity contribution in [1.82, 2.24) is 4.98 Å². The fourth-order valence-electron chi connectivity index (χ4n) is 1.18. The topological polar surface area (TPSA) is 22.1 Å². The first-order chi connectivity index (χ1) is 6.74. The van der Waals surface area contributed by atoms with Crippen molar-refractivity contribution in [3.63, 3.8) is 0 Å². The van der Waals surface area contributed by atoms with Gasteiger partial charge in [-0.15, -0.1) is 11.3 Å². The number of hydrogen-bond acceptors (Lipinski definition) is 3. The first-order valence-corrected chi connectivity index (χ1v) is 6.04. The fourth-order valence-corrected chi connectivity index (χ4v) is 2.65. The molecule has 0 unspecified atom stereocenters. The molecule has 0 saturated heterocycles. The van der Waals surface area contributed by atoms with E-state index in [0.29, 0.717) is 26.1 Å². The molecule has 0 spiro atoms. The first-order valence-electron chi connectivity index (χ1n) is 4.08. The zero-order chi connectivity index (χ0) is 10.1. The third kappa shape index (κ3) is 1.58. The largest absolute Gasteiger partial charge is 0.493 e. The van der Waals surface area contributed by atoms with E-state index in [9.17, 15) is 4.39 Å². The number of hydrogen-bond donors (Lipinski definition) is 0. The van der Waals surface area contributed by atoms with Crippen LogP contribution in [0.5, 0.6) is 5.75 Å². The van der Waals surface area contributed by atoms with Gasteiger partial charge in [0.25, 0.3) is 0 Å².